The lowest BCUT2D eigenvalue weighted by molar-refractivity contribution is 0.0429. The lowest BCUT2D eigenvalue weighted by Crippen LogP contribution is -2.38. The fourth-order valence-corrected chi connectivity index (χ4v) is 4.66. The molecule has 0 nitrogen and oxygen atoms in total. The van der Waals surface area contributed by atoms with Crippen molar-refractivity contribution in [3.63, 3.8) is 0 Å². The van der Waals surface area contributed by atoms with E-state index >= 15 is 0 Å². The number of hydrogen-bond donors (Lipinski definition) is 0. The van der Waals surface area contributed by atoms with E-state index in [1.54, 1.807) is 12.8 Å². The molecule has 3 aliphatic rings. The topological polar surface area (TPSA) is 0 Å². The minimum Gasteiger partial charge on any atom is -0.0593 e. The van der Waals surface area contributed by atoms with E-state index in [1.165, 1.54) is 31.6 Å². The van der Waals surface area contributed by atoms with Crippen molar-refractivity contribution >= 4 is 0 Å². The van der Waals surface area contributed by atoms with Crippen molar-refractivity contribution in [3.8, 4) is 0 Å². The van der Waals surface area contributed by atoms with Gasteiger partial charge in [0.25, 0.3) is 0 Å². The molecule has 0 aliphatic heterocycles. The van der Waals surface area contributed by atoms with E-state index in [9.17, 15) is 0 Å². The van der Waals surface area contributed by atoms with Gasteiger partial charge in [-0.25, -0.2) is 0 Å². The molecule has 4 unspecified atom stereocenters. The van der Waals surface area contributed by atoms with Gasteiger partial charge in [-0.2, -0.15) is 0 Å². The molecule has 0 amide bonds. The van der Waals surface area contributed by atoms with E-state index in [4.69, 9.17) is 0 Å². The first-order valence-electron chi connectivity index (χ1n) is 6.23. The first-order valence-corrected chi connectivity index (χ1v) is 6.23. The third kappa shape index (κ3) is 0.980. The highest BCUT2D eigenvalue weighted by molar-refractivity contribution is 5.19. The van der Waals surface area contributed by atoms with Gasteiger partial charge < -0.3 is 0 Å². The monoisotopic (exact) mass is 178 g/mol. The standard InChI is InChI=1S/C13H22/c1-13(2)10-8-6-4-3-5-7-9-11(10)12(9)13/h9-12H,3-8H2,1-2H3. The molecule has 0 spiro atoms. The Hall–Kier alpha value is 0. The molecule has 0 heterocycles. The van der Waals surface area contributed by atoms with Crippen LogP contribution in [0.1, 0.15) is 52.4 Å². The van der Waals surface area contributed by atoms with E-state index in [1.807, 2.05) is 0 Å². The first kappa shape index (κ1) is 8.32. The van der Waals surface area contributed by atoms with Gasteiger partial charge in [0.05, 0.1) is 0 Å². The predicted molar refractivity (Wildman–Crippen MR) is 55.4 cm³/mol. The summed E-state index contributed by atoms with van der Waals surface area (Å²) in [6.45, 7) is 5.06. The Morgan fingerprint density at radius 1 is 0.923 bits per heavy atom. The SMILES string of the molecule is CC1(C)C2CCCCCCC3C2C31. The van der Waals surface area contributed by atoms with E-state index in [0.717, 1.165) is 23.2 Å². The maximum Gasteiger partial charge on any atom is -0.0289 e. The van der Waals surface area contributed by atoms with Crippen molar-refractivity contribution in [1.82, 2.24) is 0 Å². The van der Waals surface area contributed by atoms with Crippen molar-refractivity contribution in [2.45, 2.75) is 52.4 Å². The Labute approximate surface area is 82.1 Å². The van der Waals surface area contributed by atoms with Crippen LogP contribution in [0.4, 0.5) is 0 Å². The summed E-state index contributed by atoms with van der Waals surface area (Å²) >= 11 is 0. The van der Waals surface area contributed by atoms with Gasteiger partial charge in [0, 0.05) is 0 Å². The summed E-state index contributed by atoms with van der Waals surface area (Å²) in [7, 11) is 0. The fraction of sp³-hybridized carbons (Fsp3) is 1.00. The zero-order valence-corrected chi connectivity index (χ0v) is 9.05. The van der Waals surface area contributed by atoms with Gasteiger partial charge in [-0.05, 0) is 41.9 Å². The number of rotatable bonds is 0. The van der Waals surface area contributed by atoms with Gasteiger partial charge in [0.2, 0.25) is 0 Å². The van der Waals surface area contributed by atoms with Crippen LogP contribution in [-0.4, -0.2) is 0 Å². The quantitative estimate of drug-likeness (QED) is 0.528. The van der Waals surface area contributed by atoms with E-state index in [2.05, 4.69) is 13.8 Å². The van der Waals surface area contributed by atoms with Gasteiger partial charge >= 0.3 is 0 Å². The normalized spacial score (nSPS) is 52.2. The summed E-state index contributed by atoms with van der Waals surface area (Å²) < 4.78 is 0. The highest BCUT2D eigenvalue weighted by atomic mass is 14.8. The highest BCUT2D eigenvalue weighted by Crippen LogP contribution is 2.76. The number of hydrogen-bond acceptors (Lipinski definition) is 0. The summed E-state index contributed by atoms with van der Waals surface area (Å²) in [5.41, 5.74) is 0.729. The van der Waals surface area contributed by atoms with Crippen LogP contribution in [0.25, 0.3) is 0 Å². The third-order valence-corrected chi connectivity index (χ3v) is 5.31. The van der Waals surface area contributed by atoms with Crippen LogP contribution < -0.4 is 0 Å². The lowest BCUT2D eigenvalue weighted by Gasteiger charge is -2.44. The molecule has 0 radical (unpaired) electrons. The molecule has 0 saturated heterocycles. The molecule has 0 aromatic heterocycles. The van der Waals surface area contributed by atoms with Crippen molar-refractivity contribution in [2.24, 2.45) is 29.1 Å². The van der Waals surface area contributed by atoms with Crippen LogP contribution in [-0.2, 0) is 0 Å². The second-order valence-electron chi connectivity index (χ2n) is 6.19. The molecule has 13 heavy (non-hydrogen) atoms. The van der Waals surface area contributed by atoms with Crippen molar-refractivity contribution in [3.05, 3.63) is 0 Å². The zero-order chi connectivity index (χ0) is 9.05. The molecule has 0 bridgehead atoms. The van der Waals surface area contributed by atoms with Gasteiger partial charge in [0.15, 0.2) is 0 Å². The summed E-state index contributed by atoms with van der Waals surface area (Å²) in [5.74, 6) is 4.61. The van der Waals surface area contributed by atoms with Crippen LogP contribution in [0.15, 0.2) is 0 Å². The molecular formula is C13H22. The molecule has 3 rings (SSSR count). The molecule has 0 aromatic carbocycles. The Bertz CT molecular complexity index is 212. The minimum absolute atomic E-state index is 0.729. The Morgan fingerprint density at radius 3 is 2.38 bits per heavy atom. The molecule has 3 saturated carbocycles. The van der Waals surface area contributed by atoms with Gasteiger partial charge in [0.1, 0.15) is 0 Å². The summed E-state index contributed by atoms with van der Waals surface area (Å²) in [6, 6.07) is 0. The van der Waals surface area contributed by atoms with Gasteiger partial charge in [-0.15, -0.1) is 0 Å². The average molecular weight is 178 g/mol. The summed E-state index contributed by atoms with van der Waals surface area (Å²) in [6.07, 6.45) is 9.18. The maximum absolute atomic E-state index is 2.53. The molecule has 0 heteroatoms. The number of fused-ring (bicyclic) bond motifs is 1. The Kier molecular flexibility index (Phi) is 1.61. The third-order valence-electron chi connectivity index (χ3n) is 5.31. The van der Waals surface area contributed by atoms with Crippen LogP contribution in [0, 0.1) is 29.1 Å². The minimum atomic E-state index is 0.729. The zero-order valence-electron chi connectivity index (χ0n) is 9.05. The van der Waals surface area contributed by atoms with Crippen molar-refractivity contribution in [2.75, 3.05) is 0 Å². The Morgan fingerprint density at radius 2 is 1.62 bits per heavy atom. The van der Waals surface area contributed by atoms with Gasteiger partial charge in [-0.1, -0.05) is 39.5 Å². The molecule has 74 valence electrons. The van der Waals surface area contributed by atoms with Crippen LogP contribution in [0.5, 0.6) is 0 Å². The van der Waals surface area contributed by atoms with Crippen LogP contribution >= 0.6 is 0 Å². The molecule has 3 aliphatic carbocycles. The second kappa shape index (κ2) is 2.52. The first-order chi connectivity index (χ1) is 6.23. The Balaban J connectivity index is 1.76. The van der Waals surface area contributed by atoms with E-state index in [-0.39, 0.29) is 0 Å². The fourth-order valence-electron chi connectivity index (χ4n) is 4.66. The second-order valence-corrected chi connectivity index (χ2v) is 6.19. The van der Waals surface area contributed by atoms with Gasteiger partial charge in [-0.3, -0.25) is 0 Å². The van der Waals surface area contributed by atoms with Crippen LogP contribution in [0.3, 0.4) is 0 Å². The largest absolute Gasteiger partial charge is 0.0593 e. The predicted octanol–water partition coefficient (Wildman–Crippen LogP) is 3.86. The van der Waals surface area contributed by atoms with Crippen molar-refractivity contribution < 1.29 is 0 Å². The highest BCUT2D eigenvalue weighted by Gasteiger charge is 2.71. The molecule has 0 N–H and O–H groups in total. The molecular weight excluding hydrogens is 156 g/mol. The van der Waals surface area contributed by atoms with Crippen molar-refractivity contribution in [1.29, 1.82) is 0 Å². The van der Waals surface area contributed by atoms with Crippen LogP contribution in [0.2, 0.25) is 0 Å². The molecule has 4 atom stereocenters. The van der Waals surface area contributed by atoms with E-state index < -0.39 is 0 Å². The molecule has 0 aromatic rings. The van der Waals surface area contributed by atoms with E-state index in [0.29, 0.717) is 0 Å². The maximum atomic E-state index is 2.53. The summed E-state index contributed by atoms with van der Waals surface area (Å²) in [4.78, 5) is 0. The lowest BCUT2D eigenvalue weighted by atomic mass is 9.61. The average Bonchev–Trinajstić information content (AvgIpc) is 2.74. The smallest absolute Gasteiger partial charge is 0.0289 e. The summed E-state index contributed by atoms with van der Waals surface area (Å²) in [5, 5.41) is 0. The molecule has 3 fully saturated rings.